The Morgan fingerprint density at radius 2 is 1.63 bits per heavy atom. The number of rotatable bonds is 4. The van der Waals surface area contributed by atoms with Crippen LogP contribution in [0.3, 0.4) is 0 Å². The van der Waals surface area contributed by atoms with Gasteiger partial charge >= 0.3 is 12.1 Å². The Morgan fingerprint density at radius 1 is 1.11 bits per heavy atom. The van der Waals surface area contributed by atoms with E-state index in [4.69, 9.17) is 18.9 Å². The lowest BCUT2D eigenvalue weighted by molar-refractivity contribution is -0.191. The Labute approximate surface area is 106 Å². The van der Waals surface area contributed by atoms with Gasteiger partial charge in [0.25, 0.3) is 0 Å². The largest absolute Gasteiger partial charge is 0.478 e. The molecule has 19 heavy (non-hydrogen) atoms. The second-order valence-electron chi connectivity index (χ2n) is 4.33. The number of Topliss-reactive ketones (excluding diaryl/α,β-unsaturated/α-hetero) is 1. The maximum absolute atomic E-state index is 10.8. The number of carbonyl (C=O) groups excluding carboxylic acids is 1. The summed E-state index contributed by atoms with van der Waals surface area (Å²) >= 11 is 0. The van der Waals surface area contributed by atoms with Crippen LogP contribution in [0.1, 0.15) is 19.8 Å². The minimum absolute atomic E-state index is 0.0271. The zero-order valence-corrected chi connectivity index (χ0v) is 9.82. The van der Waals surface area contributed by atoms with Crippen LogP contribution in [0.25, 0.3) is 0 Å². The van der Waals surface area contributed by atoms with Crippen LogP contribution in [0.15, 0.2) is 20.0 Å². The summed E-state index contributed by atoms with van der Waals surface area (Å²) in [5, 5.41) is 0. The van der Waals surface area contributed by atoms with Crippen molar-refractivity contribution in [1.82, 2.24) is 0 Å². The molecule has 0 aromatic carbocycles. The van der Waals surface area contributed by atoms with Gasteiger partial charge in [0.2, 0.25) is 17.7 Å². The Morgan fingerprint density at radius 3 is 2.11 bits per heavy atom. The molecule has 0 fully saturated rings. The Kier molecular flexibility index (Phi) is 1.71. The number of aliphatic imine (C=N–C) groups is 4. The van der Waals surface area contributed by atoms with Gasteiger partial charge in [-0.3, -0.25) is 4.79 Å². The van der Waals surface area contributed by atoms with Crippen LogP contribution in [-0.2, 0) is 23.7 Å². The Balaban J connectivity index is 1.34. The highest BCUT2D eigenvalue weighted by atomic mass is 16.8. The fraction of sp³-hybridized carbons (Fsp3) is 0.500. The van der Waals surface area contributed by atoms with Crippen LogP contribution in [0, 0.1) is 0 Å². The Bertz CT molecular complexity index is 609. The number of ketones is 1. The monoisotopic (exact) mass is 264 g/mol. The summed E-state index contributed by atoms with van der Waals surface area (Å²) in [7, 11) is 0. The molecule has 0 bridgehead atoms. The molecule has 4 aliphatic heterocycles. The maximum atomic E-state index is 10.8. The van der Waals surface area contributed by atoms with Crippen molar-refractivity contribution in [3.05, 3.63) is 0 Å². The van der Waals surface area contributed by atoms with E-state index in [0.29, 0.717) is 24.1 Å². The predicted octanol–water partition coefficient (Wildman–Crippen LogP) is -0.0772. The van der Waals surface area contributed by atoms with E-state index in [2.05, 4.69) is 20.0 Å². The average molecular weight is 264 g/mol. The van der Waals surface area contributed by atoms with E-state index in [1.165, 1.54) is 13.3 Å². The molecule has 2 atom stereocenters. The van der Waals surface area contributed by atoms with Crippen LogP contribution in [0.5, 0.6) is 0 Å². The van der Waals surface area contributed by atoms with E-state index in [1.807, 2.05) is 0 Å². The van der Waals surface area contributed by atoms with Crippen molar-refractivity contribution in [2.75, 3.05) is 0 Å². The minimum atomic E-state index is -1.27. The van der Waals surface area contributed by atoms with Crippen molar-refractivity contribution in [1.29, 1.82) is 0 Å². The molecular formula is C10H8N4O5. The average Bonchev–Trinajstić information content (AvgIpc) is 2.11. The second kappa shape index (κ2) is 3.11. The lowest BCUT2D eigenvalue weighted by atomic mass is 10.3. The van der Waals surface area contributed by atoms with Crippen LogP contribution < -0.4 is 0 Å². The van der Waals surface area contributed by atoms with Crippen molar-refractivity contribution in [2.45, 2.75) is 31.8 Å². The normalized spacial score (nSPS) is 35.9. The first-order valence-electron chi connectivity index (χ1n) is 5.61. The highest BCUT2D eigenvalue weighted by molar-refractivity contribution is 6.03. The van der Waals surface area contributed by atoms with Crippen molar-refractivity contribution < 1.29 is 23.7 Å². The molecule has 4 rings (SSSR count). The van der Waals surface area contributed by atoms with Gasteiger partial charge in [-0.2, -0.15) is 0 Å². The van der Waals surface area contributed by atoms with E-state index >= 15 is 0 Å². The first-order chi connectivity index (χ1) is 9.07. The smallest absolute Gasteiger partial charge is 0.404 e. The predicted molar refractivity (Wildman–Crippen MR) is 60.5 cm³/mol. The van der Waals surface area contributed by atoms with Gasteiger partial charge in [0.15, 0.2) is 6.40 Å². The summed E-state index contributed by atoms with van der Waals surface area (Å²) < 4.78 is 20.6. The Hall–Kier alpha value is -2.45. The molecule has 4 aliphatic rings. The summed E-state index contributed by atoms with van der Waals surface area (Å²) in [6.45, 7) is 1.46. The number of ether oxygens (including phenoxy) is 4. The quantitative estimate of drug-likeness (QED) is 0.706. The third-order valence-electron chi connectivity index (χ3n) is 2.67. The SMILES string of the molecule is CC(=O)CC1=NC2(N=C(CC3=NC4(N=CO4)O3)O2)O1. The van der Waals surface area contributed by atoms with E-state index in [1.54, 1.807) is 0 Å². The van der Waals surface area contributed by atoms with Crippen molar-refractivity contribution in [3.63, 3.8) is 0 Å². The molecule has 0 radical (unpaired) electrons. The van der Waals surface area contributed by atoms with E-state index in [0.717, 1.165) is 0 Å². The van der Waals surface area contributed by atoms with E-state index in [-0.39, 0.29) is 12.2 Å². The summed E-state index contributed by atoms with van der Waals surface area (Å²) in [5.41, 5.74) is 0. The van der Waals surface area contributed by atoms with Gasteiger partial charge < -0.3 is 18.9 Å². The van der Waals surface area contributed by atoms with Crippen LogP contribution >= 0.6 is 0 Å². The van der Waals surface area contributed by atoms with Crippen LogP contribution in [0.4, 0.5) is 0 Å². The lowest BCUT2D eigenvalue weighted by Crippen LogP contribution is -2.54. The summed E-state index contributed by atoms with van der Waals surface area (Å²) in [4.78, 5) is 26.7. The molecule has 98 valence electrons. The maximum Gasteiger partial charge on any atom is 0.478 e. The summed E-state index contributed by atoms with van der Waals surface area (Å²) in [5.74, 6) is 1.14. The molecule has 0 saturated heterocycles. The minimum Gasteiger partial charge on any atom is -0.404 e. The molecule has 0 aliphatic carbocycles. The number of nitrogens with zero attached hydrogens (tertiary/aromatic N) is 4. The van der Waals surface area contributed by atoms with Crippen LogP contribution in [0.2, 0.25) is 0 Å². The summed E-state index contributed by atoms with van der Waals surface area (Å²) in [6.07, 6.45) is 1.72. The van der Waals surface area contributed by atoms with Crippen LogP contribution in [-0.4, -0.2) is 41.9 Å². The first kappa shape index (κ1) is 10.5. The summed E-state index contributed by atoms with van der Waals surface area (Å²) in [6, 6.07) is -2.41. The zero-order valence-electron chi connectivity index (χ0n) is 9.82. The van der Waals surface area contributed by atoms with Gasteiger partial charge in [0.05, 0.1) is 6.42 Å². The molecule has 2 unspecified atom stereocenters. The molecule has 4 heterocycles. The van der Waals surface area contributed by atoms with Gasteiger partial charge in [-0.05, 0) is 6.92 Å². The number of hydrogen-bond acceptors (Lipinski definition) is 9. The van der Waals surface area contributed by atoms with Gasteiger partial charge in [-0.1, -0.05) is 0 Å². The molecule has 0 aromatic heterocycles. The topological polar surface area (TPSA) is 103 Å². The fourth-order valence-electron chi connectivity index (χ4n) is 1.86. The van der Waals surface area contributed by atoms with E-state index < -0.39 is 12.1 Å². The highest BCUT2D eigenvalue weighted by Crippen LogP contribution is 2.38. The van der Waals surface area contributed by atoms with Gasteiger partial charge in [0.1, 0.15) is 12.2 Å². The third-order valence-corrected chi connectivity index (χ3v) is 2.67. The van der Waals surface area contributed by atoms with Gasteiger partial charge in [-0.15, -0.1) is 20.0 Å². The van der Waals surface area contributed by atoms with Crippen molar-refractivity contribution >= 4 is 29.9 Å². The van der Waals surface area contributed by atoms with Gasteiger partial charge in [0, 0.05) is 0 Å². The molecule has 2 spiro atoms. The zero-order chi connectivity index (χ0) is 13.1. The third kappa shape index (κ3) is 1.51. The molecule has 0 saturated carbocycles. The molecule has 9 nitrogen and oxygen atoms in total. The standard InChI is InChI=1S/C10H8N4O5/c1-5(15)2-6-13-10(18-6)14-8(19-10)3-7-12-9(17-7)11-4-16-9/h4H,2-3H2,1H3. The molecule has 0 amide bonds. The first-order valence-corrected chi connectivity index (χ1v) is 5.61. The van der Waals surface area contributed by atoms with Crippen molar-refractivity contribution in [3.8, 4) is 0 Å². The molecule has 0 aromatic rings. The lowest BCUT2D eigenvalue weighted by Gasteiger charge is -2.41. The number of carbonyl (C=O) groups is 1. The van der Waals surface area contributed by atoms with E-state index in [9.17, 15) is 4.79 Å². The molecule has 9 heteroatoms. The van der Waals surface area contributed by atoms with Crippen molar-refractivity contribution in [2.24, 2.45) is 20.0 Å². The second-order valence-corrected chi connectivity index (χ2v) is 4.33. The number of hydrogen-bond donors (Lipinski definition) is 0. The highest BCUT2D eigenvalue weighted by Gasteiger charge is 2.55. The molecular weight excluding hydrogens is 256 g/mol. The fourth-order valence-corrected chi connectivity index (χ4v) is 1.86. The molecule has 0 N–H and O–H groups in total. The van der Waals surface area contributed by atoms with Gasteiger partial charge in [-0.25, -0.2) is 0 Å².